The summed E-state index contributed by atoms with van der Waals surface area (Å²) in [5, 5.41) is 0. The molecule has 0 saturated heterocycles. The van der Waals surface area contributed by atoms with E-state index in [0.717, 1.165) is 6.42 Å². The van der Waals surface area contributed by atoms with E-state index in [4.69, 9.17) is 10.5 Å². The Balaban J connectivity index is 2.34. The number of benzene rings is 1. The number of nitrogens with two attached hydrogens (primary N) is 1. The summed E-state index contributed by atoms with van der Waals surface area (Å²) in [6, 6.07) is 10.2. The van der Waals surface area contributed by atoms with Gasteiger partial charge in [0.05, 0.1) is 12.7 Å². The molecule has 1 rings (SSSR count). The summed E-state index contributed by atoms with van der Waals surface area (Å²) in [4.78, 5) is 0. The van der Waals surface area contributed by atoms with E-state index in [2.05, 4.69) is 19.1 Å². The molecule has 1 unspecified atom stereocenters. The number of ether oxygens (including phenoxy) is 1. The Labute approximate surface area is 79.7 Å². The van der Waals surface area contributed by atoms with Crippen LogP contribution in [0.15, 0.2) is 30.3 Å². The first-order valence-electron chi connectivity index (χ1n) is 4.72. The molecular formula is C11H17NO. The fraction of sp³-hybridized carbons (Fsp3) is 0.455. The van der Waals surface area contributed by atoms with Gasteiger partial charge in [-0.25, -0.2) is 0 Å². The monoisotopic (exact) mass is 179 g/mol. The standard InChI is InChI=1S/C11H17NO/c1-2-11(8-12)13-9-10-6-4-3-5-7-10/h3-7,11H,2,8-9,12H2,1H3. The topological polar surface area (TPSA) is 35.2 Å². The van der Waals surface area contributed by atoms with Crippen LogP contribution >= 0.6 is 0 Å². The Bertz CT molecular complexity index is 219. The first-order valence-corrected chi connectivity index (χ1v) is 4.72. The highest BCUT2D eigenvalue weighted by Crippen LogP contribution is 2.04. The molecule has 0 fully saturated rings. The maximum atomic E-state index is 5.60. The third-order valence-electron chi connectivity index (χ3n) is 2.05. The molecule has 2 heteroatoms. The zero-order valence-corrected chi connectivity index (χ0v) is 8.07. The molecule has 2 N–H and O–H groups in total. The summed E-state index contributed by atoms with van der Waals surface area (Å²) in [6.45, 7) is 3.35. The molecule has 2 nitrogen and oxygen atoms in total. The molecule has 72 valence electrons. The van der Waals surface area contributed by atoms with Crippen LogP contribution in [0.3, 0.4) is 0 Å². The third kappa shape index (κ3) is 3.57. The summed E-state index contributed by atoms with van der Waals surface area (Å²) < 4.78 is 5.60. The van der Waals surface area contributed by atoms with Gasteiger partial charge in [-0.1, -0.05) is 37.3 Å². The van der Waals surface area contributed by atoms with Crippen LogP contribution < -0.4 is 5.73 Å². The predicted octanol–water partition coefficient (Wildman–Crippen LogP) is 1.94. The molecule has 0 aliphatic heterocycles. The summed E-state index contributed by atoms with van der Waals surface area (Å²) in [6.07, 6.45) is 1.17. The Kier molecular flexibility index (Phi) is 4.50. The molecule has 0 aliphatic carbocycles. The van der Waals surface area contributed by atoms with Gasteiger partial charge in [0, 0.05) is 6.54 Å². The average Bonchev–Trinajstić information content (AvgIpc) is 2.21. The molecule has 0 bridgehead atoms. The van der Waals surface area contributed by atoms with Crippen molar-refractivity contribution in [1.82, 2.24) is 0 Å². The quantitative estimate of drug-likeness (QED) is 0.749. The second kappa shape index (κ2) is 5.73. The second-order valence-electron chi connectivity index (χ2n) is 3.06. The molecule has 13 heavy (non-hydrogen) atoms. The third-order valence-corrected chi connectivity index (χ3v) is 2.05. The Morgan fingerprint density at radius 1 is 1.31 bits per heavy atom. The zero-order valence-electron chi connectivity index (χ0n) is 8.07. The van der Waals surface area contributed by atoms with Crippen molar-refractivity contribution in [3.05, 3.63) is 35.9 Å². The lowest BCUT2D eigenvalue weighted by Gasteiger charge is -2.13. The lowest BCUT2D eigenvalue weighted by molar-refractivity contribution is 0.0441. The van der Waals surface area contributed by atoms with Gasteiger partial charge in [0.25, 0.3) is 0 Å². The number of hydrogen-bond acceptors (Lipinski definition) is 2. The molecular weight excluding hydrogens is 162 g/mol. The summed E-state index contributed by atoms with van der Waals surface area (Å²) >= 11 is 0. The molecule has 0 aromatic heterocycles. The van der Waals surface area contributed by atoms with Gasteiger partial charge in [0.2, 0.25) is 0 Å². The summed E-state index contributed by atoms with van der Waals surface area (Å²) in [5.74, 6) is 0. The predicted molar refractivity (Wildman–Crippen MR) is 54.4 cm³/mol. The van der Waals surface area contributed by atoms with Crippen molar-refractivity contribution in [2.75, 3.05) is 6.54 Å². The molecule has 0 aliphatic rings. The molecule has 0 heterocycles. The van der Waals surface area contributed by atoms with Crippen LogP contribution in [0.5, 0.6) is 0 Å². The van der Waals surface area contributed by atoms with Crippen molar-refractivity contribution >= 4 is 0 Å². The van der Waals surface area contributed by atoms with Crippen molar-refractivity contribution in [3.8, 4) is 0 Å². The minimum absolute atomic E-state index is 0.195. The highest BCUT2D eigenvalue weighted by molar-refractivity contribution is 5.13. The van der Waals surface area contributed by atoms with Crippen LogP contribution in [-0.2, 0) is 11.3 Å². The van der Waals surface area contributed by atoms with Crippen LogP contribution in [0, 0.1) is 0 Å². The van der Waals surface area contributed by atoms with Crippen LogP contribution in [0.4, 0.5) is 0 Å². The average molecular weight is 179 g/mol. The Morgan fingerprint density at radius 2 is 2.00 bits per heavy atom. The lowest BCUT2D eigenvalue weighted by Crippen LogP contribution is -2.22. The summed E-state index contributed by atoms with van der Waals surface area (Å²) in [5.41, 5.74) is 6.73. The van der Waals surface area contributed by atoms with Crippen molar-refractivity contribution in [1.29, 1.82) is 0 Å². The van der Waals surface area contributed by atoms with E-state index in [1.165, 1.54) is 5.56 Å². The second-order valence-corrected chi connectivity index (χ2v) is 3.06. The van der Waals surface area contributed by atoms with Gasteiger partial charge in [-0.3, -0.25) is 0 Å². The maximum absolute atomic E-state index is 5.60. The minimum Gasteiger partial charge on any atom is -0.372 e. The van der Waals surface area contributed by atoms with E-state index in [-0.39, 0.29) is 6.10 Å². The molecule has 1 aromatic rings. The van der Waals surface area contributed by atoms with Gasteiger partial charge in [-0.05, 0) is 12.0 Å². The normalized spacial score (nSPS) is 12.8. The maximum Gasteiger partial charge on any atom is 0.0721 e. The fourth-order valence-corrected chi connectivity index (χ4v) is 1.14. The van der Waals surface area contributed by atoms with Gasteiger partial charge < -0.3 is 10.5 Å². The van der Waals surface area contributed by atoms with Crippen LogP contribution in [0.2, 0.25) is 0 Å². The fourth-order valence-electron chi connectivity index (χ4n) is 1.14. The summed E-state index contributed by atoms with van der Waals surface area (Å²) in [7, 11) is 0. The van der Waals surface area contributed by atoms with E-state index in [9.17, 15) is 0 Å². The Hall–Kier alpha value is -0.860. The zero-order chi connectivity index (χ0) is 9.52. The molecule has 0 amide bonds. The smallest absolute Gasteiger partial charge is 0.0721 e. The first kappa shape index (κ1) is 10.2. The van der Waals surface area contributed by atoms with Gasteiger partial charge in [0.15, 0.2) is 0 Å². The largest absolute Gasteiger partial charge is 0.372 e. The van der Waals surface area contributed by atoms with E-state index in [1.807, 2.05) is 18.2 Å². The van der Waals surface area contributed by atoms with E-state index >= 15 is 0 Å². The van der Waals surface area contributed by atoms with Crippen molar-refractivity contribution in [3.63, 3.8) is 0 Å². The highest BCUT2D eigenvalue weighted by Gasteiger charge is 2.02. The number of hydrogen-bond donors (Lipinski definition) is 1. The van der Waals surface area contributed by atoms with E-state index in [1.54, 1.807) is 0 Å². The molecule has 0 saturated carbocycles. The van der Waals surface area contributed by atoms with Gasteiger partial charge in [-0.2, -0.15) is 0 Å². The van der Waals surface area contributed by atoms with Crippen LogP contribution in [0.25, 0.3) is 0 Å². The van der Waals surface area contributed by atoms with Gasteiger partial charge in [0.1, 0.15) is 0 Å². The minimum atomic E-state index is 0.195. The van der Waals surface area contributed by atoms with Crippen molar-refractivity contribution in [2.45, 2.75) is 26.1 Å². The lowest BCUT2D eigenvalue weighted by atomic mass is 10.2. The van der Waals surface area contributed by atoms with Crippen molar-refractivity contribution in [2.24, 2.45) is 5.73 Å². The van der Waals surface area contributed by atoms with Crippen molar-refractivity contribution < 1.29 is 4.74 Å². The number of rotatable bonds is 5. The molecule has 1 aromatic carbocycles. The highest BCUT2D eigenvalue weighted by atomic mass is 16.5. The van der Waals surface area contributed by atoms with Crippen LogP contribution in [-0.4, -0.2) is 12.6 Å². The molecule has 0 spiro atoms. The first-order chi connectivity index (χ1) is 6.36. The van der Waals surface area contributed by atoms with E-state index < -0.39 is 0 Å². The van der Waals surface area contributed by atoms with Gasteiger partial charge >= 0.3 is 0 Å². The SMILES string of the molecule is CCC(CN)OCc1ccccc1. The Morgan fingerprint density at radius 3 is 2.54 bits per heavy atom. The van der Waals surface area contributed by atoms with Gasteiger partial charge in [-0.15, -0.1) is 0 Å². The molecule has 1 atom stereocenters. The van der Waals surface area contributed by atoms with E-state index in [0.29, 0.717) is 13.2 Å². The molecule has 0 radical (unpaired) electrons. The van der Waals surface area contributed by atoms with Crippen LogP contribution in [0.1, 0.15) is 18.9 Å².